The van der Waals surface area contributed by atoms with Gasteiger partial charge in [0.1, 0.15) is 11.3 Å². The van der Waals surface area contributed by atoms with Crippen molar-refractivity contribution in [2.45, 2.75) is 72.3 Å². The Morgan fingerprint density at radius 3 is 2.00 bits per heavy atom. The number of nitrogens with two attached hydrogens (primary N) is 1. The summed E-state index contributed by atoms with van der Waals surface area (Å²) in [7, 11) is 0. The van der Waals surface area contributed by atoms with Crippen molar-refractivity contribution in [2.24, 2.45) is 5.73 Å². The van der Waals surface area contributed by atoms with Crippen LogP contribution in [0.4, 0.5) is 0 Å². The molecule has 0 spiro atoms. The average molecular weight is 287 g/mol. The van der Waals surface area contributed by atoms with Crippen molar-refractivity contribution in [3.63, 3.8) is 0 Å². The zero-order valence-corrected chi connectivity index (χ0v) is 14.7. The first-order valence-corrected chi connectivity index (χ1v) is 7.76. The Kier molecular flexibility index (Phi) is 3.74. The summed E-state index contributed by atoms with van der Waals surface area (Å²) in [5.74, 6) is 0.904. The van der Waals surface area contributed by atoms with Gasteiger partial charge in [-0.2, -0.15) is 0 Å². The Morgan fingerprint density at radius 1 is 1.00 bits per heavy atom. The Balaban J connectivity index is 2.89. The molecule has 21 heavy (non-hydrogen) atoms. The minimum absolute atomic E-state index is 0.0406. The Bertz CT molecular complexity index is 663. The van der Waals surface area contributed by atoms with Gasteiger partial charge in [0.15, 0.2) is 0 Å². The maximum absolute atomic E-state index is 6.16. The summed E-state index contributed by atoms with van der Waals surface area (Å²) in [6.45, 7) is 17.6. The van der Waals surface area contributed by atoms with Gasteiger partial charge in [-0.3, -0.25) is 0 Å². The van der Waals surface area contributed by atoms with Crippen LogP contribution in [0.5, 0.6) is 0 Å². The largest absolute Gasteiger partial charge is 0.459 e. The summed E-state index contributed by atoms with van der Waals surface area (Å²) in [5.41, 5.74) is 11.0. The molecule has 2 aromatic rings. The monoisotopic (exact) mass is 287 g/mol. The van der Waals surface area contributed by atoms with E-state index < -0.39 is 0 Å². The van der Waals surface area contributed by atoms with Crippen LogP contribution in [0.1, 0.15) is 77.0 Å². The summed E-state index contributed by atoms with van der Waals surface area (Å²) in [4.78, 5) is 0. The van der Waals surface area contributed by atoms with Crippen molar-refractivity contribution < 1.29 is 4.42 Å². The van der Waals surface area contributed by atoms with E-state index in [1.807, 2.05) is 6.92 Å². The molecule has 1 aromatic carbocycles. The van der Waals surface area contributed by atoms with E-state index in [0.29, 0.717) is 0 Å². The quantitative estimate of drug-likeness (QED) is 0.767. The zero-order chi connectivity index (χ0) is 16.2. The van der Waals surface area contributed by atoms with Crippen LogP contribution in [0, 0.1) is 6.92 Å². The molecule has 2 N–H and O–H groups in total. The minimum atomic E-state index is -0.0803. The van der Waals surface area contributed by atoms with Crippen LogP contribution in [0.3, 0.4) is 0 Å². The molecule has 0 bridgehead atoms. The van der Waals surface area contributed by atoms with Gasteiger partial charge in [-0.25, -0.2) is 0 Å². The van der Waals surface area contributed by atoms with Gasteiger partial charge >= 0.3 is 0 Å². The molecule has 2 nitrogen and oxygen atoms in total. The molecule has 116 valence electrons. The predicted octanol–water partition coefficient (Wildman–Crippen LogP) is 5.36. The first kappa shape index (κ1) is 16.1. The molecule has 0 aliphatic heterocycles. The lowest BCUT2D eigenvalue weighted by Crippen LogP contribution is -2.16. The van der Waals surface area contributed by atoms with E-state index in [1.165, 1.54) is 22.1 Å². The fourth-order valence-corrected chi connectivity index (χ4v) is 2.76. The summed E-state index contributed by atoms with van der Waals surface area (Å²) in [5, 5.41) is 1.21. The number of hydrogen-bond acceptors (Lipinski definition) is 2. The second kappa shape index (κ2) is 4.88. The third-order valence-corrected chi connectivity index (χ3v) is 4.16. The predicted molar refractivity (Wildman–Crippen MR) is 91.0 cm³/mol. The summed E-state index contributed by atoms with van der Waals surface area (Å²) in [6.07, 6.45) is 0. The van der Waals surface area contributed by atoms with Crippen LogP contribution in [0.25, 0.3) is 11.0 Å². The van der Waals surface area contributed by atoms with Crippen LogP contribution in [0.15, 0.2) is 16.5 Å². The molecule has 2 heteroatoms. The van der Waals surface area contributed by atoms with Crippen LogP contribution in [-0.4, -0.2) is 0 Å². The van der Waals surface area contributed by atoms with Gasteiger partial charge in [0.25, 0.3) is 0 Å². The maximum atomic E-state index is 6.16. The number of furan rings is 1. The Hall–Kier alpha value is -1.28. The van der Waals surface area contributed by atoms with E-state index >= 15 is 0 Å². The van der Waals surface area contributed by atoms with Gasteiger partial charge in [0.05, 0.1) is 6.04 Å². The molecular formula is C19H29NO. The van der Waals surface area contributed by atoms with Crippen LogP contribution < -0.4 is 5.73 Å². The average Bonchev–Trinajstić information content (AvgIpc) is 2.63. The summed E-state index contributed by atoms with van der Waals surface area (Å²) < 4.78 is 6.16. The smallest absolute Gasteiger partial charge is 0.138 e. The van der Waals surface area contributed by atoms with Gasteiger partial charge in [-0.15, -0.1) is 0 Å². The first-order valence-electron chi connectivity index (χ1n) is 7.76. The molecule has 1 atom stereocenters. The topological polar surface area (TPSA) is 39.2 Å². The lowest BCUT2D eigenvalue weighted by atomic mass is 9.79. The van der Waals surface area contributed by atoms with Crippen molar-refractivity contribution in [3.05, 3.63) is 34.6 Å². The highest BCUT2D eigenvalue weighted by Gasteiger charge is 2.26. The van der Waals surface area contributed by atoms with Crippen molar-refractivity contribution in [3.8, 4) is 0 Å². The summed E-state index contributed by atoms with van der Waals surface area (Å²) >= 11 is 0. The van der Waals surface area contributed by atoms with Gasteiger partial charge in [0, 0.05) is 10.9 Å². The van der Waals surface area contributed by atoms with E-state index in [4.69, 9.17) is 10.2 Å². The van der Waals surface area contributed by atoms with E-state index in [9.17, 15) is 0 Å². The fraction of sp³-hybridized carbons (Fsp3) is 0.579. The normalized spacial score (nSPS) is 14.7. The highest BCUT2D eigenvalue weighted by Crippen LogP contribution is 2.39. The molecule has 1 aromatic heterocycles. The number of aryl methyl sites for hydroxylation is 1. The van der Waals surface area contributed by atoms with Crippen molar-refractivity contribution in [1.82, 2.24) is 0 Å². The molecule has 1 unspecified atom stereocenters. The molecule has 0 aliphatic carbocycles. The van der Waals surface area contributed by atoms with Crippen LogP contribution >= 0.6 is 0 Å². The van der Waals surface area contributed by atoms with Crippen molar-refractivity contribution in [2.75, 3.05) is 0 Å². The molecule has 0 fully saturated rings. The standard InChI is InChI=1S/C19H29NO/c1-11-14-9-13(18(3,4)5)10-15(19(6,7)8)17(14)21-16(11)12(2)20/h9-10,12H,20H2,1-8H3. The number of fused-ring (bicyclic) bond motifs is 1. The highest BCUT2D eigenvalue weighted by atomic mass is 16.3. The molecule has 1 heterocycles. The van der Waals surface area contributed by atoms with E-state index in [0.717, 1.165) is 11.3 Å². The Morgan fingerprint density at radius 2 is 1.57 bits per heavy atom. The summed E-state index contributed by atoms with van der Waals surface area (Å²) in [6, 6.07) is 4.49. The second-order valence-corrected chi connectivity index (χ2v) is 8.28. The van der Waals surface area contributed by atoms with E-state index in [-0.39, 0.29) is 16.9 Å². The molecule has 2 rings (SSSR count). The fourth-order valence-electron chi connectivity index (χ4n) is 2.76. The lowest BCUT2D eigenvalue weighted by molar-refractivity contribution is 0.494. The van der Waals surface area contributed by atoms with Crippen LogP contribution in [0.2, 0.25) is 0 Å². The van der Waals surface area contributed by atoms with Gasteiger partial charge in [0.2, 0.25) is 0 Å². The Labute approximate surface area is 128 Å². The molecule has 0 radical (unpaired) electrons. The van der Waals surface area contributed by atoms with E-state index in [1.54, 1.807) is 0 Å². The number of hydrogen-bond donors (Lipinski definition) is 1. The molecular weight excluding hydrogens is 258 g/mol. The van der Waals surface area contributed by atoms with E-state index in [2.05, 4.69) is 60.6 Å². The number of rotatable bonds is 1. The third kappa shape index (κ3) is 2.87. The molecule has 0 saturated carbocycles. The van der Waals surface area contributed by atoms with Crippen LogP contribution in [-0.2, 0) is 10.8 Å². The molecule has 0 aliphatic rings. The zero-order valence-electron chi connectivity index (χ0n) is 14.7. The van der Waals surface area contributed by atoms with Gasteiger partial charge in [-0.1, -0.05) is 47.6 Å². The van der Waals surface area contributed by atoms with Crippen molar-refractivity contribution in [1.29, 1.82) is 0 Å². The SMILES string of the molecule is Cc1c(C(C)N)oc2c(C(C)(C)C)cc(C(C)(C)C)cc12. The molecule has 0 amide bonds. The second-order valence-electron chi connectivity index (χ2n) is 8.28. The highest BCUT2D eigenvalue weighted by molar-refractivity contribution is 5.87. The molecule has 0 saturated heterocycles. The third-order valence-electron chi connectivity index (χ3n) is 4.16. The lowest BCUT2D eigenvalue weighted by Gasteiger charge is -2.25. The minimum Gasteiger partial charge on any atom is -0.459 e. The van der Waals surface area contributed by atoms with Crippen molar-refractivity contribution >= 4 is 11.0 Å². The first-order chi connectivity index (χ1) is 9.43. The maximum Gasteiger partial charge on any atom is 0.138 e. The van der Waals surface area contributed by atoms with Gasteiger partial charge in [-0.05, 0) is 41.9 Å². The van der Waals surface area contributed by atoms with Gasteiger partial charge < -0.3 is 10.2 Å². The number of benzene rings is 1.